The summed E-state index contributed by atoms with van der Waals surface area (Å²) in [5.41, 5.74) is 6.26. The van der Waals surface area contributed by atoms with E-state index in [4.69, 9.17) is 5.11 Å². The molecule has 17 heavy (non-hydrogen) atoms. The molecule has 4 nitrogen and oxygen atoms in total. The van der Waals surface area contributed by atoms with Gasteiger partial charge in [0.2, 0.25) is 0 Å². The van der Waals surface area contributed by atoms with Crippen LogP contribution in [0.15, 0.2) is 29.6 Å². The number of aliphatic carboxylic acids is 1. The highest BCUT2D eigenvalue weighted by atomic mass is 32.1. The van der Waals surface area contributed by atoms with E-state index in [1.807, 2.05) is 11.3 Å². The maximum atomic E-state index is 9.66. The number of nitrogens with one attached hydrogen (secondary N) is 2. The minimum absolute atomic E-state index is 0.0451. The van der Waals surface area contributed by atoms with Gasteiger partial charge >= 0.3 is 5.97 Å². The molecule has 0 radical (unpaired) electrons. The lowest BCUT2D eigenvalue weighted by Gasteiger charge is -1.93. The van der Waals surface area contributed by atoms with Gasteiger partial charge in [0.05, 0.1) is 0 Å². The fraction of sp³-hybridized carbons (Fsp3) is 0.250. The van der Waals surface area contributed by atoms with Gasteiger partial charge in [0, 0.05) is 4.70 Å². The normalized spacial score (nSPS) is 9.76. The van der Waals surface area contributed by atoms with Crippen LogP contribution in [0.3, 0.4) is 0 Å². The van der Waals surface area contributed by atoms with Crippen LogP contribution >= 0.6 is 11.3 Å². The molecule has 2 rings (SSSR count). The number of rotatable bonds is 3. The van der Waals surface area contributed by atoms with E-state index in [2.05, 4.69) is 47.4 Å². The number of aryl methyl sites for hydroxylation is 1. The van der Waals surface area contributed by atoms with Crippen LogP contribution in [0, 0.1) is 6.92 Å². The number of fused-ring (bicyclic) bond motifs is 1. The minimum atomic E-state index is -0.866. The molecule has 0 aliphatic carbocycles. The third-order valence-corrected chi connectivity index (χ3v) is 3.17. The first kappa shape index (κ1) is 13.6. The lowest BCUT2D eigenvalue weighted by atomic mass is 10.2. The predicted molar refractivity (Wildman–Crippen MR) is 71.3 cm³/mol. The van der Waals surface area contributed by atoms with Crippen molar-refractivity contribution in [2.45, 2.75) is 6.92 Å². The Balaban J connectivity index is 0.000000185. The third kappa shape index (κ3) is 4.52. The summed E-state index contributed by atoms with van der Waals surface area (Å²) in [4.78, 5) is 9.66. The molecule has 1 aromatic carbocycles. The van der Waals surface area contributed by atoms with E-state index >= 15 is 0 Å². The van der Waals surface area contributed by atoms with Gasteiger partial charge in [-0.15, -0.1) is 11.3 Å². The summed E-state index contributed by atoms with van der Waals surface area (Å²) in [7, 11) is 1.61. The standard InChI is InChI=1S/C9H8S.C3H8N2O2/c1-7-6-10-9-5-3-2-4-8(7)9;1-4-5-2-3(6)7/h2-6H,1H3;4-5H,2H2,1H3,(H,6,7). The van der Waals surface area contributed by atoms with Crippen LogP contribution in [-0.2, 0) is 4.79 Å². The summed E-state index contributed by atoms with van der Waals surface area (Å²) in [6.07, 6.45) is 0. The zero-order valence-corrected chi connectivity index (χ0v) is 10.7. The molecule has 2 aromatic rings. The molecule has 0 saturated carbocycles. The Morgan fingerprint density at radius 3 is 2.65 bits per heavy atom. The predicted octanol–water partition coefficient (Wildman–Crippen LogP) is 2.00. The molecule has 1 heterocycles. The van der Waals surface area contributed by atoms with E-state index in [1.54, 1.807) is 7.05 Å². The fourth-order valence-corrected chi connectivity index (χ4v) is 2.22. The van der Waals surface area contributed by atoms with Crippen LogP contribution in [-0.4, -0.2) is 24.7 Å². The highest BCUT2D eigenvalue weighted by molar-refractivity contribution is 7.17. The molecule has 92 valence electrons. The minimum Gasteiger partial charge on any atom is -0.480 e. The third-order valence-electron chi connectivity index (χ3n) is 2.09. The van der Waals surface area contributed by atoms with Crippen molar-refractivity contribution in [3.05, 3.63) is 35.2 Å². The van der Waals surface area contributed by atoms with Crippen LogP contribution in [0.4, 0.5) is 0 Å². The summed E-state index contributed by atoms with van der Waals surface area (Å²) in [5.74, 6) is -0.866. The summed E-state index contributed by atoms with van der Waals surface area (Å²) in [6, 6.07) is 8.49. The molecule has 0 aliphatic rings. The van der Waals surface area contributed by atoms with E-state index in [1.165, 1.54) is 15.6 Å². The van der Waals surface area contributed by atoms with Crippen molar-refractivity contribution in [1.29, 1.82) is 0 Å². The summed E-state index contributed by atoms with van der Waals surface area (Å²) < 4.78 is 1.39. The summed E-state index contributed by atoms with van der Waals surface area (Å²) in [6.45, 7) is 2.11. The number of benzene rings is 1. The number of thiophene rings is 1. The van der Waals surface area contributed by atoms with Gasteiger partial charge in [-0.25, -0.2) is 5.43 Å². The van der Waals surface area contributed by atoms with Crippen molar-refractivity contribution >= 4 is 27.4 Å². The van der Waals surface area contributed by atoms with Gasteiger partial charge in [0.15, 0.2) is 0 Å². The van der Waals surface area contributed by atoms with Gasteiger partial charge in [-0.2, -0.15) is 0 Å². The molecule has 0 unspecified atom stereocenters. The van der Waals surface area contributed by atoms with Crippen molar-refractivity contribution in [2.24, 2.45) is 0 Å². The Morgan fingerprint density at radius 1 is 1.41 bits per heavy atom. The number of carboxylic acids is 1. The summed E-state index contributed by atoms with van der Waals surface area (Å²) in [5, 5.41) is 11.5. The van der Waals surface area contributed by atoms with Crippen LogP contribution in [0.5, 0.6) is 0 Å². The highest BCUT2D eigenvalue weighted by Gasteiger charge is 1.95. The van der Waals surface area contributed by atoms with Gasteiger partial charge in [0.1, 0.15) is 6.54 Å². The second kappa shape index (κ2) is 7.01. The van der Waals surface area contributed by atoms with Gasteiger partial charge in [-0.1, -0.05) is 18.2 Å². The van der Waals surface area contributed by atoms with E-state index in [9.17, 15) is 4.79 Å². The molecule has 1 aromatic heterocycles. The number of carbonyl (C=O) groups is 1. The topological polar surface area (TPSA) is 61.4 Å². The maximum absolute atomic E-state index is 9.66. The van der Waals surface area contributed by atoms with E-state index in [0.29, 0.717) is 0 Å². The van der Waals surface area contributed by atoms with E-state index in [-0.39, 0.29) is 6.54 Å². The largest absolute Gasteiger partial charge is 0.480 e. The molecule has 0 amide bonds. The molecular weight excluding hydrogens is 236 g/mol. The number of hydrogen-bond donors (Lipinski definition) is 3. The lowest BCUT2D eigenvalue weighted by molar-refractivity contribution is -0.136. The van der Waals surface area contributed by atoms with E-state index in [0.717, 1.165) is 0 Å². The van der Waals surface area contributed by atoms with Crippen LogP contribution < -0.4 is 10.9 Å². The Hall–Kier alpha value is -1.43. The average molecular weight is 252 g/mol. The van der Waals surface area contributed by atoms with Crippen molar-refractivity contribution in [3.8, 4) is 0 Å². The SMILES string of the molecule is CNNCC(=O)O.Cc1csc2ccccc12. The second-order valence-electron chi connectivity index (χ2n) is 3.41. The average Bonchev–Trinajstić information content (AvgIpc) is 2.70. The van der Waals surface area contributed by atoms with Crippen LogP contribution in [0.1, 0.15) is 5.56 Å². The molecular formula is C12H16N2O2S. The summed E-state index contributed by atoms with van der Waals surface area (Å²) >= 11 is 1.81. The maximum Gasteiger partial charge on any atom is 0.318 e. The zero-order chi connectivity index (χ0) is 12.7. The Morgan fingerprint density at radius 2 is 2.12 bits per heavy atom. The van der Waals surface area contributed by atoms with Gasteiger partial charge in [-0.05, 0) is 36.4 Å². The van der Waals surface area contributed by atoms with E-state index < -0.39 is 5.97 Å². The first-order valence-electron chi connectivity index (χ1n) is 5.19. The van der Waals surface area contributed by atoms with Crippen molar-refractivity contribution in [1.82, 2.24) is 10.9 Å². The van der Waals surface area contributed by atoms with Crippen molar-refractivity contribution in [2.75, 3.05) is 13.6 Å². The lowest BCUT2D eigenvalue weighted by Crippen LogP contribution is -2.32. The Labute approximate surface area is 104 Å². The number of carboxylic acid groups (broad SMARTS) is 1. The molecule has 0 aliphatic heterocycles. The van der Waals surface area contributed by atoms with Crippen LogP contribution in [0.25, 0.3) is 10.1 Å². The smallest absolute Gasteiger partial charge is 0.318 e. The molecule has 5 heteroatoms. The monoisotopic (exact) mass is 252 g/mol. The Bertz CT molecular complexity index is 482. The molecule has 3 N–H and O–H groups in total. The zero-order valence-electron chi connectivity index (χ0n) is 9.86. The second-order valence-corrected chi connectivity index (χ2v) is 4.32. The van der Waals surface area contributed by atoms with Crippen LogP contribution in [0.2, 0.25) is 0 Å². The van der Waals surface area contributed by atoms with Gasteiger partial charge in [0.25, 0.3) is 0 Å². The number of hydrazine groups is 1. The van der Waals surface area contributed by atoms with Crippen molar-refractivity contribution < 1.29 is 9.90 Å². The molecule has 0 spiro atoms. The molecule has 0 bridgehead atoms. The first-order chi connectivity index (χ1) is 8.15. The Kier molecular flexibility index (Phi) is 5.62. The molecule has 0 fully saturated rings. The van der Waals surface area contributed by atoms with Gasteiger partial charge in [-0.3, -0.25) is 10.2 Å². The molecule has 0 atom stereocenters. The highest BCUT2D eigenvalue weighted by Crippen LogP contribution is 2.24. The fourth-order valence-electron chi connectivity index (χ4n) is 1.27. The quantitative estimate of drug-likeness (QED) is 0.731. The van der Waals surface area contributed by atoms with Gasteiger partial charge < -0.3 is 5.11 Å². The first-order valence-corrected chi connectivity index (χ1v) is 6.07. The number of hydrogen-bond acceptors (Lipinski definition) is 4. The van der Waals surface area contributed by atoms with Crippen molar-refractivity contribution in [3.63, 3.8) is 0 Å². The molecule has 0 saturated heterocycles.